The van der Waals surface area contributed by atoms with Gasteiger partial charge in [-0.1, -0.05) is 45.4 Å². The molecule has 168 valence electrons. The van der Waals surface area contributed by atoms with Crippen LogP contribution in [-0.4, -0.2) is 25.0 Å². The van der Waals surface area contributed by atoms with Gasteiger partial charge in [-0.05, 0) is 98.5 Å². The van der Waals surface area contributed by atoms with E-state index in [4.69, 9.17) is 0 Å². The fourth-order valence-corrected chi connectivity index (χ4v) is 8.52. The van der Waals surface area contributed by atoms with E-state index in [0.29, 0.717) is 34.6 Å². The van der Waals surface area contributed by atoms with Crippen LogP contribution in [0, 0.1) is 34.0 Å². The monoisotopic (exact) mass is 412 g/mol. The number of rotatable bonds is 3. The molecule has 7 atom stereocenters. The van der Waals surface area contributed by atoms with Crippen LogP contribution >= 0.6 is 0 Å². The summed E-state index contributed by atoms with van der Waals surface area (Å²) in [5.41, 5.74) is 4.26. The zero-order valence-electron chi connectivity index (χ0n) is 20.4. The lowest BCUT2D eigenvalue weighted by Crippen LogP contribution is -2.50. The molecule has 0 aliphatic heterocycles. The smallest absolute Gasteiger partial charge is 0.217 e. The van der Waals surface area contributed by atoms with E-state index in [9.17, 15) is 4.79 Å². The van der Waals surface area contributed by atoms with Crippen LogP contribution in [0.3, 0.4) is 0 Å². The van der Waals surface area contributed by atoms with Crippen LogP contribution in [0.25, 0.3) is 0 Å². The first kappa shape index (κ1) is 22.1. The highest BCUT2D eigenvalue weighted by Gasteiger charge is 2.60. The summed E-state index contributed by atoms with van der Waals surface area (Å²) in [6.07, 6.45) is 14.1. The van der Waals surface area contributed by atoms with Gasteiger partial charge in [-0.3, -0.25) is 4.79 Å². The molecule has 4 rings (SSSR count). The maximum absolute atomic E-state index is 11.7. The van der Waals surface area contributed by atoms with Crippen LogP contribution < -0.4 is 10.6 Å². The van der Waals surface area contributed by atoms with Gasteiger partial charge in [0, 0.05) is 19.0 Å². The number of amides is 1. The molecule has 2 saturated carbocycles. The first-order chi connectivity index (χ1) is 14.0. The van der Waals surface area contributed by atoms with Crippen molar-refractivity contribution in [2.24, 2.45) is 34.0 Å². The van der Waals surface area contributed by atoms with Gasteiger partial charge in [-0.2, -0.15) is 0 Å². The van der Waals surface area contributed by atoms with Gasteiger partial charge in [0.15, 0.2) is 0 Å². The minimum atomic E-state index is 0.108. The van der Waals surface area contributed by atoms with E-state index in [-0.39, 0.29) is 17.4 Å². The molecule has 0 saturated heterocycles. The second kappa shape index (κ2) is 7.50. The van der Waals surface area contributed by atoms with Crippen molar-refractivity contribution in [3.05, 3.63) is 23.3 Å². The molecule has 2 fully saturated rings. The van der Waals surface area contributed by atoms with E-state index in [1.165, 1.54) is 38.5 Å². The molecule has 0 aromatic rings. The van der Waals surface area contributed by atoms with Gasteiger partial charge in [0.25, 0.3) is 0 Å². The molecule has 3 nitrogen and oxygen atoms in total. The Morgan fingerprint density at radius 1 is 1.07 bits per heavy atom. The highest BCUT2D eigenvalue weighted by molar-refractivity contribution is 5.73. The first-order valence-electron chi connectivity index (χ1n) is 12.4. The van der Waals surface area contributed by atoms with E-state index in [2.05, 4.69) is 64.5 Å². The van der Waals surface area contributed by atoms with Crippen LogP contribution in [0.4, 0.5) is 0 Å². The Labute approximate surface area is 184 Å². The predicted molar refractivity (Wildman–Crippen MR) is 125 cm³/mol. The fraction of sp³-hybridized carbons (Fsp3) is 0.815. The van der Waals surface area contributed by atoms with Gasteiger partial charge in [0.05, 0.1) is 0 Å². The van der Waals surface area contributed by atoms with E-state index in [1.807, 2.05) is 0 Å². The van der Waals surface area contributed by atoms with E-state index in [1.54, 1.807) is 18.1 Å². The van der Waals surface area contributed by atoms with Gasteiger partial charge in [-0.25, -0.2) is 0 Å². The second-order valence-electron chi connectivity index (χ2n) is 12.0. The molecular weight excluding hydrogens is 368 g/mol. The third-order valence-corrected chi connectivity index (χ3v) is 10.5. The van der Waals surface area contributed by atoms with Crippen molar-refractivity contribution in [1.29, 1.82) is 0 Å². The SMILES string of the molecule is CN[C@H]1CCC2=CC3=CC[C@]4(C)[C@@H]([C@H](C)NC(C)=O)CC[C@@]4(C)[C@@H]3CC[C@@H]2C1(C)C. The number of allylic oxidation sites excluding steroid dienone is 4. The number of hydrogen-bond acceptors (Lipinski definition) is 2. The number of nitrogens with one attached hydrogen (secondary N) is 2. The predicted octanol–water partition coefficient (Wildman–Crippen LogP) is 5.62. The van der Waals surface area contributed by atoms with Gasteiger partial charge in [0.1, 0.15) is 0 Å². The topological polar surface area (TPSA) is 41.1 Å². The molecule has 4 aliphatic carbocycles. The summed E-state index contributed by atoms with van der Waals surface area (Å²) in [5, 5.41) is 6.85. The van der Waals surface area contributed by atoms with Gasteiger partial charge >= 0.3 is 0 Å². The molecule has 0 bridgehead atoms. The molecule has 0 aromatic heterocycles. The average Bonchev–Trinajstić information content (AvgIpc) is 2.81. The van der Waals surface area contributed by atoms with Gasteiger partial charge in [-0.15, -0.1) is 0 Å². The summed E-state index contributed by atoms with van der Waals surface area (Å²) < 4.78 is 0. The maximum Gasteiger partial charge on any atom is 0.217 e. The van der Waals surface area contributed by atoms with Crippen molar-refractivity contribution in [2.45, 2.75) is 98.6 Å². The lowest BCUT2D eigenvalue weighted by Gasteiger charge is -2.53. The third kappa shape index (κ3) is 3.14. The zero-order chi connectivity index (χ0) is 21.9. The Balaban J connectivity index is 1.65. The number of fused-ring (bicyclic) bond motifs is 4. The molecule has 0 heterocycles. The Bertz CT molecular complexity index is 765. The van der Waals surface area contributed by atoms with Crippen molar-refractivity contribution in [2.75, 3.05) is 7.05 Å². The van der Waals surface area contributed by atoms with Gasteiger partial charge in [0.2, 0.25) is 5.91 Å². The molecule has 0 unspecified atom stereocenters. The molecule has 30 heavy (non-hydrogen) atoms. The Kier molecular flexibility index (Phi) is 5.53. The minimum absolute atomic E-state index is 0.108. The highest BCUT2D eigenvalue weighted by atomic mass is 16.1. The minimum Gasteiger partial charge on any atom is -0.354 e. The summed E-state index contributed by atoms with van der Waals surface area (Å²) in [6.45, 7) is 14.0. The molecular formula is C27H44N2O. The van der Waals surface area contributed by atoms with Gasteiger partial charge < -0.3 is 10.6 Å². The van der Waals surface area contributed by atoms with E-state index >= 15 is 0 Å². The van der Waals surface area contributed by atoms with E-state index < -0.39 is 0 Å². The molecule has 2 N–H and O–H groups in total. The largest absolute Gasteiger partial charge is 0.354 e. The quantitative estimate of drug-likeness (QED) is 0.631. The summed E-state index contributed by atoms with van der Waals surface area (Å²) in [4.78, 5) is 11.7. The maximum atomic E-state index is 11.7. The Morgan fingerprint density at radius 2 is 1.77 bits per heavy atom. The van der Waals surface area contributed by atoms with Crippen LogP contribution in [0.5, 0.6) is 0 Å². The van der Waals surface area contributed by atoms with Crippen molar-refractivity contribution in [1.82, 2.24) is 10.6 Å². The number of carbonyl (C=O) groups is 1. The normalized spacial score (nSPS) is 43.3. The number of carbonyl (C=O) groups excluding carboxylic acids is 1. The summed E-state index contributed by atoms with van der Waals surface area (Å²) in [5.74, 6) is 2.03. The summed E-state index contributed by atoms with van der Waals surface area (Å²) in [7, 11) is 2.14. The number of hydrogen-bond donors (Lipinski definition) is 2. The van der Waals surface area contributed by atoms with Crippen molar-refractivity contribution in [3.8, 4) is 0 Å². The summed E-state index contributed by atoms with van der Waals surface area (Å²) >= 11 is 0. The molecule has 0 radical (unpaired) electrons. The van der Waals surface area contributed by atoms with Crippen molar-refractivity contribution < 1.29 is 4.79 Å². The molecule has 0 aromatic carbocycles. The lowest BCUT2D eigenvalue weighted by atomic mass is 9.51. The van der Waals surface area contributed by atoms with Crippen LogP contribution in [0.15, 0.2) is 23.3 Å². The fourth-order valence-electron chi connectivity index (χ4n) is 8.52. The third-order valence-electron chi connectivity index (χ3n) is 10.5. The molecule has 0 spiro atoms. The second-order valence-corrected chi connectivity index (χ2v) is 12.0. The molecule has 4 aliphatic rings. The zero-order valence-corrected chi connectivity index (χ0v) is 20.4. The Morgan fingerprint density at radius 3 is 2.43 bits per heavy atom. The molecule has 1 amide bonds. The van der Waals surface area contributed by atoms with Crippen molar-refractivity contribution >= 4 is 5.91 Å². The summed E-state index contributed by atoms with van der Waals surface area (Å²) in [6, 6.07) is 0.871. The van der Waals surface area contributed by atoms with Crippen molar-refractivity contribution in [3.63, 3.8) is 0 Å². The van der Waals surface area contributed by atoms with Crippen LogP contribution in [0.1, 0.15) is 86.5 Å². The van der Waals surface area contributed by atoms with Crippen LogP contribution in [-0.2, 0) is 4.79 Å². The highest BCUT2D eigenvalue weighted by Crippen LogP contribution is 2.67. The first-order valence-corrected chi connectivity index (χ1v) is 12.4. The molecule has 3 heteroatoms. The average molecular weight is 413 g/mol. The van der Waals surface area contributed by atoms with Crippen LogP contribution in [0.2, 0.25) is 0 Å². The lowest BCUT2D eigenvalue weighted by molar-refractivity contribution is -0.120. The Hall–Kier alpha value is -1.09. The standard InChI is InChI=1S/C27H44N2O/c1-17(29-18(2)30)21-13-15-27(6)23-10-9-22-19(8-11-24(28-7)25(22,3)4)16-20(23)12-14-26(21,27)5/h12,16-17,21-24,28H,8-11,13-15H2,1-7H3,(H,29,30)/t17-,21+,22-,23+,24-,26+,27-/m0/s1. The van der Waals surface area contributed by atoms with E-state index in [0.717, 1.165) is 6.42 Å².